The van der Waals surface area contributed by atoms with Crippen molar-refractivity contribution in [2.45, 2.75) is 19.3 Å². The summed E-state index contributed by atoms with van der Waals surface area (Å²) in [5, 5.41) is 6.52. The predicted octanol–water partition coefficient (Wildman–Crippen LogP) is 2.02. The van der Waals surface area contributed by atoms with Crippen LogP contribution in [-0.2, 0) is 0 Å². The van der Waals surface area contributed by atoms with E-state index < -0.39 is 0 Å². The van der Waals surface area contributed by atoms with Crippen molar-refractivity contribution < 1.29 is 0 Å². The Morgan fingerprint density at radius 3 is 2.71 bits per heavy atom. The number of nitrogens with zero attached hydrogens (tertiary/aromatic N) is 2. The fourth-order valence-corrected chi connectivity index (χ4v) is 2.21. The highest BCUT2D eigenvalue weighted by Gasteiger charge is 2.08. The molecule has 0 atom stereocenters. The molecule has 4 nitrogen and oxygen atoms in total. The van der Waals surface area contributed by atoms with Crippen molar-refractivity contribution in [2.24, 2.45) is 0 Å². The molecule has 94 valence electrons. The smallest absolute Gasteiger partial charge is 0.0547 e. The summed E-state index contributed by atoms with van der Waals surface area (Å²) in [7, 11) is 1.91. The summed E-state index contributed by atoms with van der Waals surface area (Å²) in [5.74, 6) is 0. The molecule has 0 spiro atoms. The van der Waals surface area contributed by atoms with Crippen molar-refractivity contribution in [1.82, 2.24) is 9.88 Å². The molecule has 0 bridgehead atoms. The van der Waals surface area contributed by atoms with Gasteiger partial charge in [-0.05, 0) is 32.0 Å². The number of nitrogens with one attached hydrogen (secondary N) is 2. The zero-order valence-electron chi connectivity index (χ0n) is 10.6. The van der Waals surface area contributed by atoms with E-state index in [0.29, 0.717) is 0 Å². The van der Waals surface area contributed by atoms with E-state index in [2.05, 4.69) is 26.6 Å². The van der Waals surface area contributed by atoms with Gasteiger partial charge >= 0.3 is 0 Å². The summed E-state index contributed by atoms with van der Waals surface area (Å²) in [4.78, 5) is 6.72. The van der Waals surface area contributed by atoms with Gasteiger partial charge in [-0.3, -0.25) is 4.98 Å². The zero-order chi connectivity index (χ0) is 11.9. The molecular formula is C13H22N4. The van der Waals surface area contributed by atoms with Gasteiger partial charge in [0.15, 0.2) is 0 Å². The van der Waals surface area contributed by atoms with Gasteiger partial charge in [-0.2, -0.15) is 0 Å². The summed E-state index contributed by atoms with van der Waals surface area (Å²) in [5.41, 5.74) is 2.14. The van der Waals surface area contributed by atoms with E-state index in [1.165, 1.54) is 32.4 Å². The topological polar surface area (TPSA) is 40.2 Å². The Bertz CT molecular complexity index is 334. The number of hydrogen-bond donors (Lipinski definition) is 2. The number of aromatic nitrogens is 1. The third-order valence-electron chi connectivity index (χ3n) is 3.23. The maximum absolute atomic E-state index is 4.18. The largest absolute Gasteiger partial charge is 0.387 e. The SMILES string of the molecule is CNc1cncc(NCCN2CCCCC2)c1. The molecule has 0 amide bonds. The molecule has 0 aromatic carbocycles. The lowest BCUT2D eigenvalue weighted by atomic mass is 10.1. The van der Waals surface area contributed by atoms with Crippen LogP contribution in [0.1, 0.15) is 19.3 Å². The lowest BCUT2D eigenvalue weighted by Gasteiger charge is -2.26. The van der Waals surface area contributed by atoms with E-state index in [1.807, 2.05) is 19.4 Å². The molecule has 0 aliphatic carbocycles. The fraction of sp³-hybridized carbons (Fsp3) is 0.615. The van der Waals surface area contributed by atoms with Crippen molar-refractivity contribution in [3.05, 3.63) is 18.5 Å². The molecule has 17 heavy (non-hydrogen) atoms. The summed E-state index contributed by atoms with van der Waals surface area (Å²) in [6, 6.07) is 2.09. The van der Waals surface area contributed by atoms with Crippen LogP contribution in [-0.4, -0.2) is 43.1 Å². The standard InChI is InChI=1S/C13H22N4/c1-14-12-9-13(11-15-10-12)16-5-8-17-6-3-2-4-7-17/h9-11,14,16H,2-8H2,1H3. The van der Waals surface area contributed by atoms with Crippen molar-refractivity contribution >= 4 is 11.4 Å². The quantitative estimate of drug-likeness (QED) is 0.818. The molecule has 0 saturated carbocycles. The van der Waals surface area contributed by atoms with Crippen LogP contribution in [0.2, 0.25) is 0 Å². The first-order chi connectivity index (χ1) is 8.38. The monoisotopic (exact) mass is 234 g/mol. The van der Waals surface area contributed by atoms with Crippen molar-refractivity contribution in [3.8, 4) is 0 Å². The van der Waals surface area contributed by atoms with E-state index in [0.717, 1.165) is 24.5 Å². The Labute approximate surface area is 103 Å². The van der Waals surface area contributed by atoms with Gasteiger partial charge in [0, 0.05) is 20.1 Å². The molecule has 1 aliphatic heterocycles. The van der Waals surface area contributed by atoms with Crippen LogP contribution in [0.25, 0.3) is 0 Å². The van der Waals surface area contributed by atoms with Gasteiger partial charge in [0.2, 0.25) is 0 Å². The second-order valence-corrected chi connectivity index (χ2v) is 4.54. The van der Waals surface area contributed by atoms with Crippen molar-refractivity contribution in [1.29, 1.82) is 0 Å². The van der Waals surface area contributed by atoms with Gasteiger partial charge in [0.1, 0.15) is 0 Å². The number of hydrogen-bond acceptors (Lipinski definition) is 4. The number of likely N-dealkylation sites (tertiary alicyclic amines) is 1. The van der Waals surface area contributed by atoms with Gasteiger partial charge in [-0.25, -0.2) is 0 Å². The van der Waals surface area contributed by atoms with Crippen LogP contribution < -0.4 is 10.6 Å². The maximum atomic E-state index is 4.18. The molecule has 1 fully saturated rings. The zero-order valence-corrected chi connectivity index (χ0v) is 10.6. The van der Waals surface area contributed by atoms with Crippen molar-refractivity contribution in [2.75, 3.05) is 43.9 Å². The van der Waals surface area contributed by atoms with E-state index in [9.17, 15) is 0 Å². The van der Waals surface area contributed by atoms with Crippen molar-refractivity contribution in [3.63, 3.8) is 0 Å². The molecule has 1 aromatic rings. The first-order valence-electron chi connectivity index (χ1n) is 6.47. The average Bonchev–Trinajstić information content (AvgIpc) is 2.40. The third kappa shape index (κ3) is 3.89. The molecule has 2 N–H and O–H groups in total. The lowest BCUT2D eigenvalue weighted by Crippen LogP contribution is -2.33. The molecule has 0 radical (unpaired) electrons. The Kier molecular flexibility index (Phi) is 4.62. The first kappa shape index (κ1) is 12.2. The molecule has 2 rings (SSSR count). The van der Waals surface area contributed by atoms with Crippen LogP contribution in [0, 0.1) is 0 Å². The molecule has 4 heteroatoms. The number of rotatable bonds is 5. The molecule has 1 saturated heterocycles. The average molecular weight is 234 g/mol. The van der Waals surface area contributed by atoms with Gasteiger partial charge in [-0.15, -0.1) is 0 Å². The van der Waals surface area contributed by atoms with Crippen LogP contribution >= 0.6 is 0 Å². The van der Waals surface area contributed by atoms with Crippen LogP contribution in [0.5, 0.6) is 0 Å². The molecular weight excluding hydrogens is 212 g/mol. The summed E-state index contributed by atoms with van der Waals surface area (Å²) in [6.07, 6.45) is 7.82. The number of anilines is 2. The minimum absolute atomic E-state index is 0.995. The van der Waals surface area contributed by atoms with Crippen LogP contribution in [0.4, 0.5) is 11.4 Å². The fourth-order valence-electron chi connectivity index (χ4n) is 2.21. The Morgan fingerprint density at radius 1 is 1.18 bits per heavy atom. The van der Waals surface area contributed by atoms with Crippen LogP contribution in [0.3, 0.4) is 0 Å². The molecule has 0 unspecified atom stereocenters. The highest BCUT2D eigenvalue weighted by molar-refractivity contribution is 5.53. The highest BCUT2D eigenvalue weighted by Crippen LogP contribution is 2.12. The minimum atomic E-state index is 0.995. The van der Waals surface area contributed by atoms with Gasteiger partial charge in [0.05, 0.1) is 23.8 Å². The second-order valence-electron chi connectivity index (χ2n) is 4.54. The maximum Gasteiger partial charge on any atom is 0.0547 e. The summed E-state index contributed by atoms with van der Waals surface area (Å²) >= 11 is 0. The number of piperidine rings is 1. The van der Waals surface area contributed by atoms with E-state index >= 15 is 0 Å². The minimum Gasteiger partial charge on any atom is -0.387 e. The lowest BCUT2D eigenvalue weighted by molar-refractivity contribution is 0.237. The number of pyridine rings is 1. The normalized spacial score (nSPS) is 16.8. The first-order valence-corrected chi connectivity index (χ1v) is 6.47. The highest BCUT2D eigenvalue weighted by atomic mass is 15.1. The summed E-state index contributed by atoms with van der Waals surface area (Å²) in [6.45, 7) is 4.64. The second kappa shape index (κ2) is 6.45. The van der Waals surface area contributed by atoms with Gasteiger partial charge in [-0.1, -0.05) is 6.42 Å². The Balaban J connectivity index is 1.73. The van der Waals surface area contributed by atoms with E-state index in [1.54, 1.807) is 0 Å². The van der Waals surface area contributed by atoms with Gasteiger partial charge < -0.3 is 15.5 Å². The van der Waals surface area contributed by atoms with Gasteiger partial charge in [0.25, 0.3) is 0 Å². The molecule has 2 heterocycles. The van der Waals surface area contributed by atoms with E-state index in [4.69, 9.17) is 0 Å². The molecule has 1 aliphatic rings. The third-order valence-corrected chi connectivity index (χ3v) is 3.23. The predicted molar refractivity (Wildman–Crippen MR) is 72.6 cm³/mol. The van der Waals surface area contributed by atoms with Crippen LogP contribution in [0.15, 0.2) is 18.5 Å². The molecule has 1 aromatic heterocycles. The van der Waals surface area contributed by atoms with E-state index in [-0.39, 0.29) is 0 Å². The Hall–Kier alpha value is -1.29. The summed E-state index contributed by atoms with van der Waals surface area (Å²) < 4.78 is 0. The Morgan fingerprint density at radius 2 is 1.94 bits per heavy atom.